The van der Waals surface area contributed by atoms with Crippen molar-refractivity contribution in [1.82, 2.24) is 0 Å². The molecule has 0 aliphatic rings. The van der Waals surface area contributed by atoms with Crippen LogP contribution in [0.1, 0.15) is 13.3 Å². The van der Waals surface area contributed by atoms with Crippen LogP contribution < -0.4 is 0 Å². The summed E-state index contributed by atoms with van der Waals surface area (Å²) in [6.07, 6.45) is 1.94. The molecule has 81 valence electrons. The molecular formula is C9H15O5. The first-order valence-corrected chi connectivity index (χ1v) is 4.15. The molecule has 0 saturated heterocycles. The molecule has 0 unspecified atom stereocenters. The molecule has 5 nitrogen and oxygen atoms in total. The molecule has 14 heavy (non-hydrogen) atoms. The number of ether oxygens (including phenoxy) is 3. The third kappa shape index (κ3) is 2.54. The maximum atomic E-state index is 10.8. The normalized spacial score (nSPS) is 13.0. The van der Waals surface area contributed by atoms with Crippen LogP contribution in [-0.2, 0) is 24.1 Å². The molecule has 0 amide bonds. The fourth-order valence-corrected chi connectivity index (χ4v) is 1.12. The second-order valence-electron chi connectivity index (χ2n) is 2.48. The lowest BCUT2D eigenvalue weighted by Gasteiger charge is -2.28. The molecule has 0 fully saturated rings. The summed E-state index contributed by atoms with van der Waals surface area (Å²) in [5.41, 5.74) is -0.174. The van der Waals surface area contributed by atoms with Gasteiger partial charge in [-0.25, -0.2) is 9.90 Å². The zero-order valence-electron chi connectivity index (χ0n) is 8.83. The van der Waals surface area contributed by atoms with Crippen LogP contribution in [0, 0.1) is 0 Å². The summed E-state index contributed by atoms with van der Waals surface area (Å²) >= 11 is 0. The van der Waals surface area contributed by atoms with Crippen LogP contribution in [0.3, 0.4) is 0 Å². The van der Waals surface area contributed by atoms with E-state index in [-0.39, 0.29) is 5.57 Å². The van der Waals surface area contributed by atoms with E-state index in [2.05, 4.69) is 0 Å². The molecule has 0 rings (SSSR count). The lowest BCUT2D eigenvalue weighted by molar-refractivity contribution is -0.326. The van der Waals surface area contributed by atoms with Gasteiger partial charge in [0.25, 0.3) is 0 Å². The van der Waals surface area contributed by atoms with Gasteiger partial charge in [0.15, 0.2) is 0 Å². The van der Waals surface area contributed by atoms with Crippen molar-refractivity contribution in [2.24, 2.45) is 0 Å². The van der Waals surface area contributed by atoms with Gasteiger partial charge in [-0.3, -0.25) is 0 Å². The molecule has 0 aromatic heterocycles. The first kappa shape index (κ1) is 13.1. The first-order chi connectivity index (χ1) is 6.57. The van der Waals surface area contributed by atoms with E-state index in [0.717, 1.165) is 0 Å². The highest BCUT2D eigenvalue weighted by atomic mass is 16.9. The quantitative estimate of drug-likeness (QED) is 0.474. The first-order valence-electron chi connectivity index (χ1n) is 4.15. The summed E-state index contributed by atoms with van der Waals surface area (Å²) in [6.45, 7) is 1.79. The number of allylic oxidation sites excluding steroid dienone is 1. The molecule has 0 saturated carbocycles. The van der Waals surface area contributed by atoms with Crippen molar-refractivity contribution in [2.75, 3.05) is 21.3 Å². The SMILES string of the molecule is CCC=C(C([O])=O)C(OC)(OC)OC. The molecule has 0 heterocycles. The molecular weight excluding hydrogens is 188 g/mol. The monoisotopic (exact) mass is 203 g/mol. The van der Waals surface area contributed by atoms with Gasteiger partial charge in [-0.05, 0) is 6.42 Å². The summed E-state index contributed by atoms with van der Waals surface area (Å²) in [6, 6.07) is 0. The Morgan fingerprint density at radius 2 is 1.64 bits per heavy atom. The average molecular weight is 203 g/mol. The van der Waals surface area contributed by atoms with Crippen LogP contribution in [0.4, 0.5) is 0 Å². The molecule has 0 aliphatic heterocycles. The van der Waals surface area contributed by atoms with Crippen LogP contribution in [0.25, 0.3) is 0 Å². The van der Waals surface area contributed by atoms with Crippen LogP contribution in [0.2, 0.25) is 0 Å². The Kier molecular flexibility index (Phi) is 5.37. The number of methoxy groups -OCH3 is 3. The topological polar surface area (TPSA) is 64.7 Å². The summed E-state index contributed by atoms with van der Waals surface area (Å²) < 4.78 is 14.6. The number of hydrogen-bond acceptors (Lipinski definition) is 4. The Hall–Kier alpha value is -0.910. The van der Waals surface area contributed by atoms with Crippen LogP contribution in [0.5, 0.6) is 0 Å². The highest BCUT2D eigenvalue weighted by Crippen LogP contribution is 2.23. The van der Waals surface area contributed by atoms with Gasteiger partial charge in [0.1, 0.15) is 5.57 Å². The van der Waals surface area contributed by atoms with Crippen molar-refractivity contribution in [1.29, 1.82) is 0 Å². The maximum absolute atomic E-state index is 10.8. The predicted octanol–water partition coefficient (Wildman–Crippen LogP) is 0.873. The number of hydrogen-bond donors (Lipinski definition) is 0. The summed E-state index contributed by atoms with van der Waals surface area (Å²) in [4.78, 5) is 10.8. The van der Waals surface area contributed by atoms with E-state index in [4.69, 9.17) is 14.2 Å². The van der Waals surface area contributed by atoms with Gasteiger partial charge in [-0.2, -0.15) is 0 Å². The smallest absolute Gasteiger partial charge is 0.327 e. The molecule has 5 heteroatoms. The lowest BCUT2D eigenvalue weighted by atomic mass is 10.2. The summed E-state index contributed by atoms with van der Waals surface area (Å²) in [7, 11) is 3.87. The zero-order chi connectivity index (χ0) is 11.2. The minimum absolute atomic E-state index is 0.174. The van der Waals surface area contributed by atoms with Crippen molar-refractivity contribution >= 4 is 5.97 Å². The minimum Gasteiger partial charge on any atom is -0.327 e. The Morgan fingerprint density at radius 1 is 1.21 bits per heavy atom. The minimum atomic E-state index is -1.69. The largest absolute Gasteiger partial charge is 0.390 e. The van der Waals surface area contributed by atoms with Gasteiger partial charge in [0.2, 0.25) is 0 Å². The Morgan fingerprint density at radius 3 is 1.86 bits per heavy atom. The Labute approximate surface area is 83.3 Å². The molecule has 0 spiro atoms. The van der Waals surface area contributed by atoms with Crippen molar-refractivity contribution in [3.8, 4) is 0 Å². The second kappa shape index (κ2) is 5.74. The molecule has 0 atom stereocenters. The molecule has 0 N–H and O–H groups in total. The third-order valence-corrected chi connectivity index (χ3v) is 1.76. The van der Waals surface area contributed by atoms with E-state index in [1.165, 1.54) is 27.4 Å². The van der Waals surface area contributed by atoms with Crippen molar-refractivity contribution in [2.45, 2.75) is 19.3 Å². The van der Waals surface area contributed by atoms with Gasteiger partial charge in [-0.15, -0.1) is 0 Å². The highest BCUT2D eigenvalue weighted by molar-refractivity contribution is 5.87. The van der Waals surface area contributed by atoms with E-state index in [0.29, 0.717) is 6.42 Å². The van der Waals surface area contributed by atoms with Gasteiger partial charge in [0, 0.05) is 21.3 Å². The molecule has 0 aliphatic carbocycles. The van der Waals surface area contributed by atoms with Crippen molar-refractivity contribution in [3.05, 3.63) is 11.6 Å². The van der Waals surface area contributed by atoms with Crippen molar-refractivity contribution in [3.63, 3.8) is 0 Å². The number of carbonyl (C=O) groups is 1. The van der Waals surface area contributed by atoms with Gasteiger partial charge >= 0.3 is 11.9 Å². The fourth-order valence-electron chi connectivity index (χ4n) is 1.12. The van der Waals surface area contributed by atoms with E-state index >= 15 is 0 Å². The van der Waals surface area contributed by atoms with E-state index in [1.807, 2.05) is 0 Å². The average Bonchev–Trinajstić information content (AvgIpc) is 2.19. The number of rotatable bonds is 6. The predicted molar refractivity (Wildman–Crippen MR) is 47.8 cm³/mol. The van der Waals surface area contributed by atoms with Gasteiger partial charge in [-0.1, -0.05) is 13.0 Å². The fraction of sp³-hybridized carbons (Fsp3) is 0.667. The van der Waals surface area contributed by atoms with Crippen LogP contribution in [0.15, 0.2) is 11.6 Å². The molecule has 0 bridgehead atoms. The van der Waals surface area contributed by atoms with Crippen LogP contribution in [-0.4, -0.2) is 33.3 Å². The molecule has 0 aromatic rings. The Balaban J connectivity index is 5.11. The van der Waals surface area contributed by atoms with E-state index < -0.39 is 11.9 Å². The zero-order valence-corrected chi connectivity index (χ0v) is 8.83. The lowest BCUT2D eigenvalue weighted by Crippen LogP contribution is -2.40. The summed E-state index contributed by atoms with van der Waals surface area (Å²) in [5, 5.41) is 10.8. The van der Waals surface area contributed by atoms with Crippen LogP contribution >= 0.6 is 0 Å². The molecule has 0 aromatic carbocycles. The second-order valence-corrected chi connectivity index (χ2v) is 2.48. The maximum Gasteiger partial charge on any atom is 0.390 e. The third-order valence-electron chi connectivity index (χ3n) is 1.76. The standard InChI is InChI=1S/C9H15O5/c1-5-6-7(8(10)11)9(12-2,13-3)14-4/h6H,5H2,1-4H3. The Bertz CT molecular complexity index is 209. The van der Waals surface area contributed by atoms with Crippen molar-refractivity contribution < 1.29 is 24.1 Å². The molecule has 1 radical (unpaired) electrons. The highest BCUT2D eigenvalue weighted by Gasteiger charge is 2.40. The van der Waals surface area contributed by atoms with E-state index in [1.54, 1.807) is 6.92 Å². The van der Waals surface area contributed by atoms with Gasteiger partial charge < -0.3 is 14.2 Å². The van der Waals surface area contributed by atoms with E-state index in [9.17, 15) is 9.90 Å². The van der Waals surface area contributed by atoms with Gasteiger partial charge in [0.05, 0.1) is 0 Å². The summed E-state index contributed by atoms with van der Waals surface area (Å²) in [5.74, 6) is -3.06. The number of carbonyl (C=O) groups excluding carboxylic acids is 1.